The summed E-state index contributed by atoms with van der Waals surface area (Å²) in [6.45, 7) is 1.96. The van der Waals surface area contributed by atoms with Crippen molar-refractivity contribution in [2.24, 2.45) is 0 Å². The summed E-state index contributed by atoms with van der Waals surface area (Å²) in [6.07, 6.45) is -3.45. The van der Waals surface area contributed by atoms with Gasteiger partial charge in [0, 0.05) is 6.54 Å². The van der Waals surface area contributed by atoms with E-state index >= 15 is 0 Å². The number of halogens is 4. The Bertz CT molecular complexity index is 304. The Morgan fingerprint density at radius 1 is 1.36 bits per heavy atom. The largest absolute Gasteiger partial charge is 0.439 e. The van der Waals surface area contributed by atoms with Gasteiger partial charge in [-0.1, -0.05) is 18.6 Å². The van der Waals surface area contributed by atoms with E-state index in [-0.39, 0.29) is 6.54 Å². The molecule has 1 aromatic heterocycles. The molecule has 0 N–H and O–H groups in total. The zero-order valence-electron chi connectivity index (χ0n) is 7.47. The van der Waals surface area contributed by atoms with E-state index in [2.05, 4.69) is 10.3 Å². The first-order valence-electron chi connectivity index (χ1n) is 4.13. The molecule has 0 saturated carbocycles. The Hall–Kier alpha value is -1.14. The molecule has 0 spiro atoms. The zero-order chi connectivity index (χ0) is 10.8. The minimum absolute atomic E-state index is 0.116. The highest BCUT2D eigenvalue weighted by Gasteiger charge is 2.39. The third-order valence-electron chi connectivity index (χ3n) is 1.67. The number of aromatic nitrogens is 3. The maximum atomic E-state index is 13.0. The third kappa shape index (κ3) is 2.21. The van der Waals surface area contributed by atoms with Crippen LogP contribution < -0.4 is 0 Å². The second-order valence-electron chi connectivity index (χ2n) is 2.80. The van der Waals surface area contributed by atoms with E-state index in [1.165, 1.54) is 0 Å². The van der Waals surface area contributed by atoms with Crippen molar-refractivity contribution >= 4 is 0 Å². The van der Waals surface area contributed by atoms with Gasteiger partial charge in [-0.05, 0) is 6.42 Å². The molecule has 1 aromatic rings. The highest BCUT2D eigenvalue weighted by Crippen LogP contribution is 2.29. The molecule has 0 saturated heterocycles. The van der Waals surface area contributed by atoms with Gasteiger partial charge in [-0.3, -0.25) is 0 Å². The Morgan fingerprint density at radius 3 is 2.43 bits per heavy atom. The Morgan fingerprint density at radius 2 is 2.00 bits per heavy atom. The topological polar surface area (TPSA) is 30.7 Å². The summed E-state index contributed by atoms with van der Waals surface area (Å²) < 4.78 is 49.7. The summed E-state index contributed by atoms with van der Waals surface area (Å²) in [5.74, 6) is -1.41. The van der Waals surface area contributed by atoms with Gasteiger partial charge in [-0.25, -0.2) is 4.68 Å². The molecule has 0 fully saturated rings. The molecule has 3 nitrogen and oxygen atoms in total. The molecule has 1 rings (SSSR count). The maximum Gasteiger partial charge on any atom is 0.439 e. The van der Waals surface area contributed by atoms with Crippen LogP contribution in [0.15, 0.2) is 0 Å². The fourth-order valence-corrected chi connectivity index (χ4v) is 0.926. The summed E-state index contributed by atoms with van der Waals surface area (Å²) >= 11 is 0. The molecule has 1 heterocycles. The number of nitrogens with zero attached hydrogens (tertiary/aromatic N) is 3. The quantitative estimate of drug-likeness (QED) is 0.718. The summed E-state index contributed by atoms with van der Waals surface area (Å²) in [5.41, 5.74) is -1.55. The second kappa shape index (κ2) is 3.93. The first kappa shape index (κ1) is 10.9. The molecule has 0 amide bonds. The third-order valence-corrected chi connectivity index (χ3v) is 1.67. The van der Waals surface area contributed by atoms with Gasteiger partial charge in [0.2, 0.25) is 11.6 Å². The lowest BCUT2D eigenvalue weighted by Gasteiger charge is -2.01. The standard InChI is InChI=1S/C7H9F4N3/c1-2-3-4-14-6(8)5(12-13-14)7(9,10)11/h2-4H2,1H3. The average molecular weight is 211 g/mol. The van der Waals surface area contributed by atoms with Gasteiger partial charge in [0.15, 0.2) is 0 Å². The molecule has 0 atom stereocenters. The maximum absolute atomic E-state index is 13.0. The van der Waals surface area contributed by atoms with Crippen LogP contribution >= 0.6 is 0 Å². The molecule has 0 bridgehead atoms. The molecule has 80 valence electrons. The van der Waals surface area contributed by atoms with E-state index in [9.17, 15) is 17.6 Å². The molecular weight excluding hydrogens is 202 g/mol. The summed E-state index contributed by atoms with van der Waals surface area (Å²) in [6, 6.07) is 0. The van der Waals surface area contributed by atoms with Gasteiger partial charge in [0.05, 0.1) is 0 Å². The molecule has 14 heavy (non-hydrogen) atoms. The van der Waals surface area contributed by atoms with Gasteiger partial charge in [0.25, 0.3) is 0 Å². The zero-order valence-corrected chi connectivity index (χ0v) is 7.47. The van der Waals surface area contributed by atoms with Crippen LogP contribution in [-0.4, -0.2) is 15.0 Å². The highest BCUT2D eigenvalue weighted by atomic mass is 19.4. The molecular formula is C7H9F4N3. The van der Waals surface area contributed by atoms with Crippen LogP contribution in [0.3, 0.4) is 0 Å². The van der Waals surface area contributed by atoms with Crippen molar-refractivity contribution in [3.05, 3.63) is 11.6 Å². The summed E-state index contributed by atoms with van der Waals surface area (Å²) in [5, 5.41) is 5.84. The van der Waals surface area contributed by atoms with Crippen molar-refractivity contribution < 1.29 is 17.6 Å². The van der Waals surface area contributed by atoms with Crippen LogP contribution in [0.2, 0.25) is 0 Å². The van der Waals surface area contributed by atoms with Crippen molar-refractivity contribution in [3.8, 4) is 0 Å². The number of rotatable bonds is 3. The number of hydrogen-bond donors (Lipinski definition) is 0. The fraction of sp³-hybridized carbons (Fsp3) is 0.714. The van der Waals surface area contributed by atoms with E-state index in [1.807, 2.05) is 6.92 Å². The molecule has 0 aliphatic rings. The van der Waals surface area contributed by atoms with Crippen molar-refractivity contribution in [1.82, 2.24) is 15.0 Å². The SMILES string of the molecule is CCCCn1nnc(C(F)(F)F)c1F. The number of unbranched alkanes of at least 4 members (excludes halogenated alkanes) is 1. The number of aryl methyl sites for hydroxylation is 1. The Balaban J connectivity index is 2.86. The van der Waals surface area contributed by atoms with Gasteiger partial charge in [-0.2, -0.15) is 17.6 Å². The van der Waals surface area contributed by atoms with E-state index in [0.717, 1.165) is 6.42 Å². The van der Waals surface area contributed by atoms with Crippen molar-refractivity contribution in [1.29, 1.82) is 0 Å². The Kier molecular flexibility index (Phi) is 3.07. The molecule has 0 aliphatic heterocycles. The lowest BCUT2D eigenvalue weighted by molar-refractivity contribution is -0.143. The van der Waals surface area contributed by atoms with Gasteiger partial charge >= 0.3 is 6.18 Å². The van der Waals surface area contributed by atoms with Crippen LogP contribution in [0, 0.1) is 5.95 Å². The van der Waals surface area contributed by atoms with E-state index in [0.29, 0.717) is 11.1 Å². The van der Waals surface area contributed by atoms with Crippen LogP contribution in [0.4, 0.5) is 17.6 Å². The van der Waals surface area contributed by atoms with Crippen molar-refractivity contribution in [3.63, 3.8) is 0 Å². The lowest BCUT2D eigenvalue weighted by Crippen LogP contribution is -2.10. The van der Waals surface area contributed by atoms with Gasteiger partial charge in [0.1, 0.15) is 0 Å². The monoisotopic (exact) mass is 211 g/mol. The van der Waals surface area contributed by atoms with Crippen molar-refractivity contribution in [2.75, 3.05) is 0 Å². The fourth-order valence-electron chi connectivity index (χ4n) is 0.926. The molecule has 0 unspecified atom stereocenters. The average Bonchev–Trinajstić information content (AvgIpc) is 2.42. The molecule has 0 aromatic carbocycles. The predicted molar refractivity (Wildman–Crippen MR) is 39.9 cm³/mol. The van der Waals surface area contributed by atoms with E-state index in [1.54, 1.807) is 0 Å². The first-order chi connectivity index (χ1) is 6.46. The minimum Gasteiger partial charge on any atom is -0.219 e. The number of alkyl halides is 3. The van der Waals surface area contributed by atoms with Crippen molar-refractivity contribution in [2.45, 2.75) is 32.5 Å². The van der Waals surface area contributed by atoms with E-state index < -0.39 is 17.8 Å². The van der Waals surface area contributed by atoms with Gasteiger partial charge < -0.3 is 0 Å². The number of hydrogen-bond acceptors (Lipinski definition) is 2. The lowest BCUT2D eigenvalue weighted by atomic mass is 10.3. The van der Waals surface area contributed by atoms with Crippen LogP contribution in [0.25, 0.3) is 0 Å². The summed E-state index contributed by atoms with van der Waals surface area (Å²) in [4.78, 5) is 0. The van der Waals surface area contributed by atoms with Crippen LogP contribution in [0.5, 0.6) is 0 Å². The van der Waals surface area contributed by atoms with Crippen LogP contribution in [-0.2, 0) is 12.7 Å². The molecule has 0 radical (unpaired) electrons. The Labute approximate surface area is 77.7 Å². The summed E-state index contributed by atoms with van der Waals surface area (Å²) in [7, 11) is 0. The molecule has 0 aliphatic carbocycles. The first-order valence-corrected chi connectivity index (χ1v) is 4.13. The smallest absolute Gasteiger partial charge is 0.219 e. The highest BCUT2D eigenvalue weighted by molar-refractivity contribution is 5.00. The minimum atomic E-state index is -4.77. The van der Waals surface area contributed by atoms with E-state index in [4.69, 9.17) is 0 Å². The van der Waals surface area contributed by atoms with Gasteiger partial charge in [-0.15, -0.1) is 5.10 Å². The normalized spacial score (nSPS) is 12.1. The molecule has 7 heteroatoms. The predicted octanol–water partition coefficient (Wildman–Crippen LogP) is 2.24. The second-order valence-corrected chi connectivity index (χ2v) is 2.80. The van der Waals surface area contributed by atoms with Crippen LogP contribution in [0.1, 0.15) is 25.5 Å².